The van der Waals surface area contributed by atoms with Gasteiger partial charge >= 0.3 is 0 Å². The summed E-state index contributed by atoms with van der Waals surface area (Å²) in [7, 11) is 2.07. The summed E-state index contributed by atoms with van der Waals surface area (Å²) in [4.78, 5) is 18.7. The van der Waals surface area contributed by atoms with Gasteiger partial charge in [-0.15, -0.1) is 23.1 Å². The molecular formula is C16H20N4OS2. The van der Waals surface area contributed by atoms with E-state index in [1.165, 1.54) is 5.56 Å². The summed E-state index contributed by atoms with van der Waals surface area (Å²) in [5.41, 5.74) is 4.98. The molecule has 1 aromatic heterocycles. The number of anilines is 1. The second-order valence-corrected chi connectivity index (χ2v) is 7.36. The van der Waals surface area contributed by atoms with Crippen LogP contribution in [-0.4, -0.2) is 40.5 Å². The van der Waals surface area contributed by atoms with Gasteiger partial charge in [0.25, 0.3) is 0 Å². The van der Waals surface area contributed by atoms with Crippen LogP contribution in [0.5, 0.6) is 0 Å². The van der Waals surface area contributed by atoms with E-state index in [-0.39, 0.29) is 11.9 Å². The topological polar surface area (TPSA) is 57.3 Å². The van der Waals surface area contributed by atoms with Crippen LogP contribution in [0, 0.1) is 0 Å². The Morgan fingerprint density at radius 1 is 1.48 bits per heavy atom. The quantitative estimate of drug-likeness (QED) is 0.839. The van der Waals surface area contributed by atoms with Gasteiger partial charge in [-0.3, -0.25) is 15.0 Å². The molecule has 1 aliphatic heterocycles. The predicted molar refractivity (Wildman–Crippen MR) is 96.6 cm³/mol. The molecule has 5 nitrogen and oxygen atoms in total. The average Bonchev–Trinajstić information content (AvgIpc) is 3.20. The number of rotatable bonds is 6. The largest absolute Gasteiger partial charge is 0.325 e. The lowest BCUT2D eigenvalue weighted by molar-refractivity contribution is -0.117. The number of nitrogens with zero attached hydrogens (tertiary/aromatic N) is 2. The first-order chi connectivity index (χ1) is 11.2. The van der Waals surface area contributed by atoms with E-state index in [1.54, 1.807) is 23.1 Å². The Morgan fingerprint density at radius 3 is 3.13 bits per heavy atom. The highest BCUT2D eigenvalue weighted by Crippen LogP contribution is 2.16. The summed E-state index contributed by atoms with van der Waals surface area (Å²) >= 11 is 3.37. The van der Waals surface area contributed by atoms with Crippen LogP contribution in [0.25, 0.3) is 0 Å². The molecule has 1 amide bonds. The summed E-state index contributed by atoms with van der Waals surface area (Å²) in [6.07, 6.45) is 0. The van der Waals surface area contributed by atoms with Gasteiger partial charge in [-0.25, -0.2) is 4.98 Å². The van der Waals surface area contributed by atoms with Gasteiger partial charge in [-0.1, -0.05) is 12.1 Å². The Hall–Kier alpha value is -1.41. The van der Waals surface area contributed by atoms with Crippen molar-refractivity contribution in [3.05, 3.63) is 46.4 Å². The molecule has 1 aromatic carbocycles. The second-order valence-electron chi connectivity index (χ2n) is 5.61. The van der Waals surface area contributed by atoms with E-state index in [9.17, 15) is 4.79 Å². The van der Waals surface area contributed by atoms with E-state index in [0.29, 0.717) is 0 Å². The van der Waals surface area contributed by atoms with Crippen molar-refractivity contribution in [2.24, 2.45) is 0 Å². The molecule has 7 heteroatoms. The average molecular weight is 348 g/mol. The summed E-state index contributed by atoms with van der Waals surface area (Å²) in [6, 6.07) is 7.95. The molecule has 0 spiro atoms. The number of carbonyl (C=O) groups excluding carboxylic acids is 1. The zero-order valence-electron chi connectivity index (χ0n) is 13.0. The summed E-state index contributed by atoms with van der Waals surface area (Å²) < 4.78 is 0. The van der Waals surface area contributed by atoms with Crippen molar-refractivity contribution in [1.82, 2.24) is 15.2 Å². The molecule has 1 fully saturated rings. The van der Waals surface area contributed by atoms with Crippen LogP contribution < -0.4 is 10.6 Å². The number of thioether (sulfide) groups is 1. The van der Waals surface area contributed by atoms with Gasteiger partial charge < -0.3 is 5.32 Å². The normalized spacial score (nSPS) is 17.6. The maximum absolute atomic E-state index is 12.2. The minimum absolute atomic E-state index is 0.0444. The number of thiazole rings is 1. The Morgan fingerprint density at radius 2 is 2.39 bits per heavy atom. The van der Waals surface area contributed by atoms with Crippen LogP contribution in [0.3, 0.4) is 0 Å². The van der Waals surface area contributed by atoms with E-state index >= 15 is 0 Å². The monoisotopic (exact) mass is 348 g/mol. The molecule has 2 aromatic rings. The highest BCUT2D eigenvalue weighted by Gasteiger charge is 2.22. The third kappa shape index (κ3) is 4.78. The summed E-state index contributed by atoms with van der Waals surface area (Å²) in [5.74, 6) is 1.73. The Bertz CT molecular complexity index is 641. The number of nitrogens with one attached hydrogen (secondary N) is 2. The fraction of sp³-hybridized carbons (Fsp3) is 0.375. The lowest BCUT2D eigenvalue weighted by Gasteiger charge is -2.16. The standard InChI is InChI=1S/C16H20N4OS2/c1-20(7-14-8-22-10-17-14)6-12-3-2-4-13(5-12)19-16(21)15-9-23-11-18-15/h2-5,8,10,15,18H,6-7,9,11H2,1H3,(H,19,21). The van der Waals surface area contributed by atoms with E-state index in [0.717, 1.165) is 36.1 Å². The molecule has 23 heavy (non-hydrogen) atoms. The van der Waals surface area contributed by atoms with E-state index in [4.69, 9.17) is 0 Å². The number of aromatic nitrogens is 1. The smallest absolute Gasteiger partial charge is 0.242 e. The molecule has 0 radical (unpaired) electrons. The number of carbonyl (C=O) groups is 1. The second kappa shape index (κ2) is 7.92. The van der Waals surface area contributed by atoms with Crippen LogP contribution in [0.4, 0.5) is 5.69 Å². The van der Waals surface area contributed by atoms with Crippen LogP contribution >= 0.6 is 23.1 Å². The minimum Gasteiger partial charge on any atom is -0.325 e. The Labute approximate surface area is 144 Å². The van der Waals surface area contributed by atoms with Crippen LogP contribution in [0.2, 0.25) is 0 Å². The Balaban J connectivity index is 1.57. The van der Waals surface area contributed by atoms with Crippen LogP contribution in [0.15, 0.2) is 35.2 Å². The van der Waals surface area contributed by atoms with Crippen LogP contribution in [0.1, 0.15) is 11.3 Å². The molecule has 3 rings (SSSR count). The maximum atomic E-state index is 12.2. The molecule has 1 unspecified atom stereocenters. The summed E-state index contributed by atoms with van der Waals surface area (Å²) in [6.45, 7) is 1.64. The van der Waals surface area contributed by atoms with Crippen molar-refractivity contribution in [1.29, 1.82) is 0 Å². The zero-order chi connectivity index (χ0) is 16.1. The first-order valence-corrected chi connectivity index (χ1v) is 9.57. The fourth-order valence-electron chi connectivity index (χ4n) is 2.50. The van der Waals surface area contributed by atoms with Crippen molar-refractivity contribution in [2.45, 2.75) is 19.1 Å². The SMILES string of the molecule is CN(Cc1cccc(NC(=O)C2CSCN2)c1)Cc1cscn1. The van der Waals surface area contributed by atoms with Gasteiger partial charge in [0.05, 0.1) is 17.2 Å². The van der Waals surface area contributed by atoms with Gasteiger partial charge in [-0.2, -0.15) is 0 Å². The van der Waals surface area contributed by atoms with Crippen molar-refractivity contribution >= 4 is 34.7 Å². The first-order valence-electron chi connectivity index (χ1n) is 7.47. The van der Waals surface area contributed by atoms with E-state index in [2.05, 4.69) is 39.0 Å². The lowest BCUT2D eigenvalue weighted by atomic mass is 10.2. The highest BCUT2D eigenvalue weighted by molar-refractivity contribution is 7.99. The summed E-state index contributed by atoms with van der Waals surface area (Å²) in [5, 5.41) is 8.25. The minimum atomic E-state index is -0.0870. The lowest BCUT2D eigenvalue weighted by Crippen LogP contribution is -2.37. The molecule has 0 aliphatic carbocycles. The third-order valence-corrected chi connectivity index (χ3v) is 5.17. The fourth-order valence-corrected chi connectivity index (χ4v) is 3.99. The van der Waals surface area contributed by atoms with Crippen molar-refractivity contribution in [3.63, 3.8) is 0 Å². The van der Waals surface area contributed by atoms with Crippen molar-refractivity contribution in [2.75, 3.05) is 24.0 Å². The number of benzene rings is 1. The van der Waals surface area contributed by atoms with E-state index < -0.39 is 0 Å². The Kier molecular flexibility index (Phi) is 5.66. The molecule has 2 N–H and O–H groups in total. The highest BCUT2D eigenvalue weighted by atomic mass is 32.2. The zero-order valence-corrected chi connectivity index (χ0v) is 14.6. The van der Waals surface area contributed by atoms with E-state index in [1.807, 2.05) is 23.7 Å². The molecule has 122 valence electrons. The molecule has 1 atom stereocenters. The van der Waals surface area contributed by atoms with Gasteiger partial charge in [0.15, 0.2) is 0 Å². The number of hydrogen-bond acceptors (Lipinski definition) is 6. The van der Waals surface area contributed by atoms with Gasteiger partial charge in [-0.05, 0) is 24.7 Å². The van der Waals surface area contributed by atoms with Crippen molar-refractivity contribution in [3.8, 4) is 0 Å². The maximum Gasteiger partial charge on any atom is 0.242 e. The van der Waals surface area contributed by atoms with Gasteiger partial charge in [0.2, 0.25) is 5.91 Å². The molecule has 1 saturated heterocycles. The number of amides is 1. The van der Waals surface area contributed by atoms with Gasteiger partial charge in [0.1, 0.15) is 0 Å². The predicted octanol–water partition coefficient (Wildman–Crippen LogP) is 2.38. The molecule has 2 heterocycles. The number of hydrogen-bond donors (Lipinski definition) is 2. The molecule has 0 bridgehead atoms. The molecular weight excluding hydrogens is 328 g/mol. The van der Waals surface area contributed by atoms with Gasteiger partial charge in [0, 0.05) is 35.8 Å². The molecule has 1 aliphatic rings. The third-order valence-electron chi connectivity index (χ3n) is 3.60. The van der Waals surface area contributed by atoms with Crippen molar-refractivity contribution < 1.29 is 4.79 Å². The van der Waals surface area contributed by atoms with Crippen LogP contribution in [-0.2, 0) is 17.9 Å². The first kappa shape index (κ1) is 16.4. The molecule has 0 saturated carbocycles.